The molecule has 0 atom stereocenters. The summed E-state index contributed by atoms with van der Waals surface area (Å²) in [4.78, 5) is 28.9. The number of carbonyl (C=O) groups excluding carboxylic acids is 1. The topological polar surface area (TPSA) is 112 Å². The summed E-state index contributed by atoms with van der Waals surface area (Å²) in [6.07, 6.45) is -4.73. The Hall–Kier alpha value is -3.21. The molecule has 0 aliphatic carbocycles. The van der Waals surface area contributed by atoms with Crippen molar-refractivity contribution in [2.75, 3.05) is 0 Å². The maximum atomic E-state index is 13.1. The molecule has 7 nitrogen and oxygen atoms in total. The average Bonchev–Trinajstić information content (AvgIpc) is 2.64. The van der Waals surface area contributed by atoms with Gasteiger partial charge in [0.1, 0.15) is 5.03 Å². The lowest BCUT2D eigenvalue weighted by molar-refractivity contribution is -0.385. The van der Waals surface area contributed by atoms with E-state index >= 15 is 0 Å². The van der Waals surface area contributed by atoms with Gasteiger partial charge in [-0.05, 0) is 12.1 Å². The number of nitro benzene ring substituents is 1. The average molecular weight is 408 g/mol. The minimum atomic E-state index is -4.73. The van der Waals surface area contributed by atoms with Gasteiger partial charge in [-0.15, -0.1) is 11.8 Å². The van der Waals surface area contributed by atoms with Crippen LogP contribution in [-0.2, 0) is 11.9 Å². The molecule has 0 radical (unpaired) electrons. The molecule has 144 valence electrons. The van der Waals surface area contributed by atoms with E-state index in [0.717, 1.165) is 17.8 Å². The molecule has 0 aliphatic heterocycles. The van der Waals surface area contributed by atoms with Crippen LogP contribution in [0.2, 0.25) is 0 Å². The van der Waals surface area contributed by atoms with Gasteiger partial charge in [0.15, 0.2) is 0 Å². The molecule has 28 heavy (non-hydrogen) atoms. The lowest BCUT2D eigenvalue weighted by atomic mass is 10.1. The number of primary amides is 1. The Kier molecular flexibility index (Phi) is 5.18. The zero-order valence-electron chi connectivity index (χ0n) is 13.9. The van der Waals surface area contributed by atoms with Gasteiger partial charge in [0.05, 0.1) is 10.4 Å². The summed E-state index contributed by atoms with van der Waals surface area (Å²) < 4.78 is 39.2. The van der Waals surface area contributed by atoms with E-state index in [9.17, 15) is 28.1 Å². The Balaban J connectivity index is 2.00. The van der Waals surface area contributed by atoms with E-state index in [1.165, 1.54) is 18.2 Å². The molecule has 0 fully saturated rings. The van der Waals surface area contributed by atoms with Crippen molar-refractivity contribution in [1.82, 2.24) is 9.97 Å². The summed E-state index contributed by atoms with van der Waals surface area (Å²) >= 11 is 0.907. The molecule has 3 rings (SSSR count). The molecule has 0 saturated heterocycles. The van der Waals surface area contributed by atoms with Gasteiger partial charge < -0.3 is 5.73 Å². The zero-order valence-corrected chi connectivity index (χ0v) is 14.8. The minimum absolute atomic E-state index is 0.0341. The van der Waals surface area contributed by atoms with Gasteiger partial charge in [-0.3, -0.25) is 14.9 Å². The molecule has 1 amide bonds. The first-order valence-electron chi connectivity index (χ1n) is 7.70. The molecule has 2 aromatic carbocycles. The van der Waals surface area contributed by atoms with Crippen LogP contribution in [0.5, 0.6) is 0 Å². The van der Waals surface area contributed by atoms with Crippen LogP contribution in [0.1, 0.15) is 21.7 Å². The third-order valence-corrected chi connectivity index (χ3v) is 4.79. The Bertz CT molecular complexity index is 1090. The first kappa shape index (κ1) is 19.5. The molecule has 11 heteroatoms. The SMILES string of the molecule is NC(=O)c1ccc(CSc2nc(C(F)(F)F)nc3ccccc23)c([N+](=O)[O-])c1. The predicted octanol–water partition coefficient (Wildman–Crippen LogP) is 3.95. The fourth-order valence-electron chi connectivity index (χ4n) is 2.44. The lowest BCUT2D eigenvalue weighted by Crippen LogP contribution is -2.12. The van der Waals surface area contributed by atoms with Gasteiger partial charge in [0.25, 0.3) is 5.69 Å². The lowest BCUT2D eigenvalue weighted by Gasteiger charge is -2.10. The van der Waals surface area contributed by atoms with Crippen LogP contribution in [-0.4, -0.2) is 20.8 Å². The first-order chi connectivity index (χ1) is 13.2. The number of hydrogen-bond acceptors (Lipinski definition) is 6. The molecule has 3 aromatic rings. The number of rotatable bonds is 5. The number of carbonyl (C=O) groups is 1. The number of fused-ring (bicyclic) bond motifs is 1. The van der Waals surface area contributed by atoms with Crippen molar-refractivity contribution in [3.05, 3.63) is 69.5 Å². The largest absolute Gasteiger partial charge is 0.451 e. The van der Waals surface area contributed by atoms with Gasteiger partial charge in [0.2, 0.25) is 11.7 Å². The fraction of sp³-hybridized carbons (Fsp3) is 0.118. The van der Waals surface area contributed by atoms with E-state index in [4.69, 9.17) is 5.73 Å². The second-order valence-electron chi connectivity index (χ2n) is 5.62. The number of alkyl halides is 3. The number of hydrogen-bond donors (Lipinski definition) is 1. The summed E-state index contributed by atoms with van der Waals surface area (Å²) in [5.41, 5.74) is 5.08. The standard InChI is InChI=1S/C17H11F3N4O3S/c18-17(19,20)16-22-12-4-2-1-3-11(12)15(23-16)28-8-10-6-5-9(14(21)25)7-13(10)24(26)27/h1-7H,8H2,(H2,21,25). The van der Waals surface area contributed by atoms with Gasteiger partial charge >= 0.3 is 6.18 Å². The van der Waals surface area contributed by atoms with Gasteiger partial charge in [-0.1, -0.05) is 24.3 Å². The number of nitro groups is 1. The zero-order chi connectivity index (χ0) is 20.5. The molecule has 0 spiro atoms. The van der Waals surface area contributed by atoms with Crippen molar-refractivity contribution in [2.45, 2.75) is 17.0 Å². The maximum absolute atomic E-state index is 13.1. The van der Waals surface area contributed by atoms with E-state index in [-0.39, 0.29) is 33.1 Å². The van der Waals surface area contributed by atoms with E-state index in [1.807, 2.05) is 0 Å². The molecule has 0 unspecified atom stereocenters. The quantitative estimate of drug-likeness (QED) is 0.296. The fourth-order valence-corrected chi connectivity index (χ4v) is 3.45. The van der Waals surface area contributed by atoms with Crippen LogP contribution in [0.25, 0.3) is 10.9 Å². The number of amides is 1. The van der Waals surface area contributed by atoms with Crippen molar-refractivity contribution in [3.8, 4) is 0 Å². The van der Waals surface area contributed by atoms with Gasteiger partial charge in [-0.2, -0.15) is 13.2 Å². The van der Waals surface area contributed by atoms with Crippen LogP contribution in [0.4, 0.5) is 18.9 Å². The Morgan fingerprint density at radius 2 is 1.89 bits per heavy atom. The van der Waals surface area contributed by atoms with E-state index < -0.39 is 22.8 Å². The molecule has 0 bridgehead atoms. The molecule has 2 N–H and O–H groups in total. The Morgan fingerprint density at radius 1 is 1.18 bits per heavy atom. The highest BCUT2D eigenvalue weighted by atomic mass is 32.2. The predicted molar refractivity (Wildman–Crippen MR) is 95.7 cm³/mol. The smallest absolute Gasteiger partial charge is 0.366 e. The van der Waals surface area contributed by atoms with Crippen LogP contribution in [0.15, 0.2) is 47.5 Å². The second-order valence-corrected chi connectivity index (χ2v) is 6.58. The van der Waals surface area contributed by atoms with Crippen molar-refractivity contribution in [2.24, 2.45) is 5.73 Å². The van der Waals surface area contributed by atoms with Crippen LogP contribution >= 0.6 is 11.8 Å². The van der Waals surface area contributed by atoms with Crippen molar-refractivity contribution in [3.63, 3.8) is 0 Å². The van der Waals surface area contributed by atoms with Gasteiger partial charge in [-0.25, -0.2) is 9.97 Å². The third kappa shape index (κ3) is 4.03. The molecule has 0 aliphatic rings. The van der Waals surface area contributed by atoms with Crippen molar-refractivity contribution < 1.29 is 22.9 Å². The number of para-hydroxylation sites is 1. The van der Waals surface area contributed by atoms with Gasteiger partial charge in [0, 0.05) is 28.3 Å². The summed E-state index contributed by atoms with van der Waals surface area (Å²) in [7, 11) is 0. The number of thioether (sulfide) groups is 1. The van der Waals surface area contributed by atoms with Crippen molar-refractivity contribution >= 4 is 34.3 Å². The van der Waals surface area contributed by atoms with Crippen molar-refractivity contribution in [1.29, 1.82) is 0 Å². The molecule has 1 aromatic heterocycles. The Morgan fingerprint density at radius 3 is 2.54 bits per heavy atom. The maximum Gasteiger partial charge on any atom is 0.451 e. The number of halogens is 3. The minimum Gasteiger partial charge on any atom is -0.366 e. The molecular weight excluding hydrogens is 397 g/mol. The summed E-state index contributed by atoms with van der Waals surface area (Å²) in [6, 6.07) is 9.90. The van der Waals surface area contributed by atoms with E-state index in [0.29, 0.717) is 5.39 Å². The highest BCUT2D eigenvalue weighted by Gasteiger charge is 2.35. The third-order valence-electron chi connectivity index (χ3n) is 3.75. The highest BCUT2D eigenvalue weighted by Crippen LogP contribution is 2.34. The first-order valence-corrected chi connectivity index (χ1v) is 8.69. The monoisotopic (exact) mass is 408 g/mol. The summed E-state index contributed by atoms with van der Waals surface area (Å²) in [6.45, 7) is 0. The normalized spacial score (nSPS) is 11.5. The second kappa shape index (κ2) is 7.43. The molecular formula is C17H11F3N4O3S. The summed E-state index contributed by atoms with van der Waals surface area (Å²) in [5, 5.41) is 11.7. The van der Waals surface area contributed by atoms with Crippen LogP contribution in [0.3, 0.4) is 0 Å². The Labute approximate surface area is 159 Å². The molecule has 1 heterocycles. The number of benzene rings is 2. The number of nitrogens with zero attached hydrogens (tertiary/aromatic N) is 3. The van der Waals surface area contributed by atoms with E-state index in [1.54, 1.807) is 18.2 Å². The van der Waals surface area contributed by atoms with E-state index in [2.05, 4.69) is 9.97 Å². The highest BCUT2D eigenvalue weighted by molar-refractivity contribution is 7.98. The van der Waals surface area contributed by atoms with Crippen LogP contribution < -0.4 is 5.73 Å². The molecule has 0 saturated carbocycles. The summed E-state index contributed by atoms with van der Waals surface area (Å²) in [5.74, 6) is -2.14. The number of aromatic nitrogens is 2. The van der Waals surface area contributed by atoms with Crippen LogP contribution in [0, 0.1) is 10.1 Å². The number of nitrogens with two attached hydrogens (primary N) is 1.